The van der Waals surface area contributed by atoms with E-state index in [0.717, 1.165) is 23.3 Å². The quantitative estimate of drug-likeness (QED) is 0.808. The normalized spacial score (nSPS) is 11.5. The van der Waals surface area contributed by atoms with Crippen molar-refractivity contribution in [1.82, 2.24) is 0 Å². The summed E-state index contributed by atoms with van der Waals surface area (Å²) in [4.78, 5) is 12.0. The predicted octanol–water partition coefficient (Wildman–Crippen LogP) is 5.15. The van der Waals surface area contributed by atoms with Gasteiger partial charge in [-0.2, -0.15) is 13.2 Å². The minimum Gasteiger partial charge on any atom is -0.483 e. The maximum Gasteiger partial charge on any atom is 0.416 e. The molecular formula is C19H20F3NO2. The summed E-state index contributed by atoms with van der Waals surface area (Å²) in [7, 11) is 0. The van der Waals surface area contributed by atoms with Crippen LogP contribution in [-0.2, 0) is 11.0 Å². The molecule has 2 aromatic rings. The number of hydrogen-bond acceptors (Lipinski definition) is 2. The third-order valence-electron chi connectivity index (χ3n) is 3.71. The monoisotopic (exact) mass is 351 g/mol. The molecule has 1 amide bonds. The van der Waals surface area contributed by atoms with Gasteiger partial charge in [0.15, 0.2) is 6.61 Å². The Hall–Kier alpha value is -2.50. The van der Waals surface area contributed by atoms with Gasteiger partial charge >= 0.3 is 6.18 Å². The van der Waals surface area contributed by atoms with E-state index in [1.54, 1.807) is 0 Å². The number of anilines is 1. The summed E-state index contributed by atoms with van der Waals surface area (Å²) in [5.74, 6) is 0.390. The van der Waals surface area contributed by atoms with Crippen LogP contribution in [0.3, 0.4) is 0 Å². The van der Waals surface area contributed by atoms with E-state index >= 15 is 0 Å². The summed E-state index contributed by atoms with van der Waals surface area (Å²) in [6.45, 7) is 5.69. The third kappa shape index (κ3) is 5.24. The Balaban J connectivity index is 2.01. The van der Waals surface area contributed by atoms with E-state index in [4.69, 9.17) is 4.74 Å². The number of amides is 1. The molecule has 0 radical (unpaired) electrons. The van der Waals surface area contributed by atoms with Crippen LogP contribution in [0.15, 0.2) is 42.5 Å². The lowest BCUT2D eigenvalue weighted by Gasteiger charge is -2.13. The number of ether oxygens (including phenoxy) is 1. The molecule has 3 nitrogen and oxygen atoms in total. The van der Waals surface area contributed by atoms with Crippen LogP contribution in [0.5, 0.6) is 5.75 Å². The van der Waals surface area contributed by atoms with Crippen LogP contribution in [0.4, 0.5) is 18.9 Å². The van der Waals surface area contributed by atoms with Crippen LogP contribution in [-0.4, -0.2) is 12.5 Å². The van der Waals surface area contributed by atoms with Crippen molar-refractivity contribution in [3.8, 4) is 5.75 Å². The lowest BCUT2D eigenvalue weighted by molar-refractivity contribution is -0.137. The molecule has 6 heteroatoms. The molecule has 0 atom stereocenters. The highest BCUT2D eigenvalue weighted by Crippen LogP contribution is 2.30. The summed E-state index contributed by atoms with van der Waals surface area (Å²) < 4.78 is 43.6. The Morgan fingerprint density at radius 1 is 1.16 bits per heavy atom. The number of rotatable bonds is 5. The molecule has 0 aromatic heterocycles. The van der Waals surface area contributed by atoms with E-state index in [-0.39, 0.29) is 12.3 Å². The van der Waals surface area contributed by atoms with Gasteiger partial charge in [0.05, 0.1) is 5.56 Å². The van der Waals surface area contributed by atoms with Crippen molar-refractivity contribution in [3.63, 3.8) is 0 Å². The first kappa shape index (κ1) is 18.8. The average Bonchev–Trinajstić information content (AvgIpc) is 2.53. The molecule has 134 valence electrons. The predicted molar refractivity (Wildman–Crippen MR) is 90.8 cm³/mol. The second-order valence-electron chi connectivity index (χ2n) is 6.10. The Labute approximate surface area is 144 Å². The minimum absolute atomic E-state index is 0.0797. The SMILES string of the molecule is Cc1ccc(C(C)C)cc1OCC(=O)Nc1cccc(C(F)(F)F)c1. The second-order valence-corrected chi connectivity index (χ2v) is 6.10. The minimum atomic E-state index is -4.45. The summed E-state index contributed by atoms with van der Waals surface area (Å²) >= 11 is 0. The van der Waals surface area contributed by atoms with Gasteiger partial charge in [-0.25, -0.2) is 0 Å². The summed E-state index contributed by atoms with van der Waals surface area (Å²) in [5.41, 5.74) is 1.23. The van der Waals surface area contributed by atoms with Gasteiger partial charge in [-0.1, -0.05) is 32.0 Å². The van der Waals surface area contributed by atoms with Crippen LogP contribution in [0.25, 0.3) is 0 Å². The summed E-state index contributed by atoms with van der Waals surface area (Å²) in [5, 5.41) is 2.42. The maximum atomic E-state index is 12.7. The molecule has 0 heterocycles. The molecule has 0 aliphatic rings. The van der Waals surface area contributed by atoms with E-state index in [1.807, 2.05) is 25.1 Å². The highest BCUT2D eigenvalue weighted by molar-refractivity contribution is 5.92. The molecule has 25 heavy (non-hydrogen) atoms. The molecule has 0 aliphatic carbocycles. The van der Waals surface area contributed by atoms with Crippen LogP contribution in [0.2, 0.25) is 0 Å². The van der Waals surface area contributed by atoms with Crippen LogP contribution in [0, 0.1) is 6.92 Å². The van der Waals surface area contributed by atoms with Crippen molar-refractivity contribution in [3.05, 3.63) is 59.2 Å². The molecular weight excluding hydrogens is 331 g/mol. The van der Waals surface area contributed by atoms with Gasteiger partial charge in [-0.3, -0.25) is 4.79 Å². The number of aryl methyl sites for hydroxylation is 1. The summed E-state index contributed by atoms with van der Waals surface area (Å²) in [6, 6.07) is 10.3. The van der Waals surface area contributed by atoms with Crippen molar-refractivity contribution >= 4 is 11.6 Å². The fourth-order valence-electron chi connectivity index (χ4n) is 2.24. The number of hydrogen-bond donors (Lipinski definition) is 1. The first-order valence-corrected chi connectivity index (χ1v) is 7.87. The van der Waals surface area contributed by atoms with Crippen molar-refractivity contribution in [2.24, 2.45) is 0 Å². The van der Waals surface area contributed by atoms with Gasteiger partial charge < -0.3 is 10.1 Å². The molecule has 0 unspecified atom stereocenters. The van der Waals surface area contributed by atoms with E-state index in [0.29, 0.717) is 11.7 Å². The Morgan fingerprint density at radius 3 is 2.52 bits per heavy atom. The zero-order chi connectivity index (χ0) is 18.6. The molecule has 2 rings (SSSR count). The van der Waals surface area contributed by atoms with E-state index < -0.39 is 17.6 Å². The number of benzene rings is 2. The van der Waals surface area contributed by atoms with Crippen molar-refractivity contribution in [2.45, 2.75) is 32.9 Å². The fraction of sp³-hybridized carbons (Fsp3) is 0.316. The number of carbonyl (C=O) groups excluding carboxylic acids is 1. The van der Waals surface area contributed by atoms with Crippen LogP contribution < -0.4 is 10.1 Å². The molecule has 1 N–H and O–H groups in total. The van der Waals surface area contributed by atoms with Gasteiger partial charge in [0.25, 0.3) is 5.91 Å². The fourth-order valence-corrected chi connectivity index (χ4v) is 2.24. The van der Waals surface area contributed by atoms with Crippen LogP contribution in [0.1, 0.15) is 36.5 Å². The number of nitrogens with one attached hydrogen (secondary N) is 1. The van der Waals surface area contributed by atoms with Gasteiger partial charge in [0.1, 0.15) is 5.75 Å². The largest absolute Gasteiger partial charge is 0.483 e. The molecule has 0 saturated carbocycles. The number of carbonyl (C=O) groups is 1. The molecule has 2 aromatic carbocycles. The van der Waals surface area contributed by atoms with Crippen molar-refractivity contribution in [2.75, 3.05) is 11.9 Å². The van der Waals surface area contributed by atoms with Gasteiger partial charge in [0, 0.05) is 5.69 Å². The second kappa shape index (κ2) is 7.59. The van der Waals surface area contributed by atoms with Crippen molar-refractivity contribution < 1.29 is 22.7 Å². The molecule has 0 bridgehead atoms. The first-order chi connectivity index (χ1) is 11.7. The lowest BCUT2D eigenvalue weighted by Crippen LogP contribution is -2.20. The number of halogens is 3. The van der Waals surface area contributed by atoms with Gasteiger partial charge in [-0.05, 0) is 48.2 Å². The smallest absolute Gasteiger partial charge is 0.416 e. The van der Waals surface area contributed by atoms with E-state index in [2.05, 4.69) is 19.2 Å². The molecule has 0 saturated heterocycles. The lowest BCUT2D eigenvalue weighted by atomic mass is 10.0. The highest BCUT2D eigenvalue weighted by Gasteiger charge is 2.30. The highest BCUT2D eigenvalue weighted by atomic mass is 19.4. The first-order valence-electron chi connectivity index (χ1n) is 7.87. The molecule has 0 fully saturated rings. The topological polar surface area (TPSA) is 38.3 Å². The molecule has 0 aliphatic heterocycles. The Morgan fingerprint density at radius 2 is 1.88 bits per heavy atom. The average molecular weight is 351 g/mol. The van der Waals surface area contributed by atoms with Crippen LogP contribution >= 0.6 is 0 Å². The Kier molecular flexibility index (Phi) is 5.72. The van der Waals surface area contributed by atoms with Crippen molar-refractivity contribution in [1.29, 1.82) is 0 Å². The standard InChI is InChI=1S/C19H20F3NO2/c1-12(2)14-8-7-13(3)17(9-14)25-11-18(24)23-16-6-4-5-15(10-16)19(20,21)22/h4-10,12H,11H2,1-3H3,(H,23,24). The molecule has 0 spiro atoms. The van der Waals surface area contributed by atoms with Gasteiger partial charge in [0.2, 0.25) is 0 Å². The van der Waals surface area contributed by atoms with E-state index in [1.165, 1.54) is 12.1 Å². The maximum absolute atomic E-state index is 12.7. The van der Waals surface area contributed by atoms with Gasteiger partial charge in [-0.15, -0.1) is 0 Å². The van der Waals surface area contributed by atoms with E-state index in [9.17, 15) is 18.0 Å². The third-order valence-corrected chi connectivity index (χ3v) is 3.71. The summed E-state index contributed by atoms with van der Waals surface area (Å²) in [6.07, 6.45) is -4.45. The zero-order valence-electron chi connectivity index (χ0n) is 14.3. The number of alkyl halides is 3. The Bertz CT molecular complexity index is 755. The zero-order valence-corrected chi connectivity index (χ0v) is 14.3.